The first-order valence-electron chi connectivity index (χ1n) is 9.65. The lowest BCUT2D eigenvalue weighted by molar-refractivity contribution is -0.111. The van der Waals surface area contributed by atoms with Crippen molar-refractivity contribution < 1.29 is 18.4 Å². The van der Waals surface area contributed by atoms with Gasteiger partial charge in [-0.25, -0.2) is 13.8 Å². The summed E-state index contributed by atoms with van der Waals surface area (Å²) < 4.78 is 28.5. The van der Waals surface area contributed by atoms with Crippen LogP contribution in [0.15, 0.2) is 73.3 Å². The van der Waals surface area contributed by atoms with Gasteiger partial charge in [0.05, 0.1) is 16.7 Å². The first-order valence-corrected chi connectivity index (χ1v) is 9.65. The fourth-order valence-corrected chi connectivity index (χ4v) is 3.26. The number of nitrogens with zero attached hydrogens (tertiary/aromatic N) is 2. The van der Waals surface area contributed by atoms with Crippen LogP contribution >= 0.6 is 0 Å². The molecule has 32 heavy (non-hydrogen) atoms. The summed E-state index contributed by atoms with van der Waals surface area (Å²) in [4.78, 5) is 28.9. The summed E-state index contributed by atoms with van der Waals surface area (Å²) in [7, 11) is 0. The van der Waals surface area contributed by atoms with E-state index in [2.05, 4.69) is 22.2 Å². The molecule has 0 aliphatic rings. The number of aromatic nitrogens is 2. The van der Waals surface area contributed by atoms with Crippen molar-refractivity contribution in [1.29, 1.82) is 0 Å². The van der Waals surface area contributed by atoms with Gasteiger partial charge in [-0.1, -0.05) is 18.7 Å². The number of fused-ring (bicyclic) bond motifs is 1. The second-order valence-electron chi connectivity index (χ2n) is 7.09. The smallest absolute Gasteiger partial charge is 0.258 e. The predicted molar refractivity (Wildman–Crippen MR) is 119 cm³/mol. The van der Waals surface area contributed by atoms with Crippen LogP contribution in [-0.4, -0.2) is 21.4 Å². The number of aryl methyl sites for hydroxylation is 1. The van der Waals surface area contributed by atoms with Gasteiger partial charge in [-0.2, -0.15) is 0 Å². The number of carbonyl (C=O) groups is 2. The summed E-state index contributed by atoms with van der Waals surface area (Å²) in [6.45, 7) is 5.36. The van der Waals surface area contributed by atoms with Crippen LogP contribution in [0.2, 0.25) is 0 Å². The van der Waals surface area contributed by atoms with Crippen LogP contribution in [0, 0.1) is 18.6 Å². The van der Waals surface area contributed by atoms with Gasteiger partial charge in [0.2, 0.25) is 11.9 Å². The van der Waals surface area contributed by atoms with E-state index in [1.165, 1.54) is 6.07 Å². The molecule has 1 heterocycles. The lowest BCUT2D eigenvalue weighted by Gasteiger charge is -2.12. The number of rotatable bonds is 5. The van der Waals surface area contributed by atoms with Crippen molar-refractivity contribution in [2.75, 3.05) is 10.6 Å². The third-order valence-electron chi connectivity index (χ3n) is 4.77. The van der Waals surface area contributed by atoms with Gasteiger partial charge in [0, 0.05) is 11.3 Å². The Morgan fingerprint density at radius 2 is 1.81 bits per heavy atom. The molecule has 3 aromatic carbocycles. The van der Waals surface area contributed by atoms with Crippen LogP contribution in [0.5, 0.6) is 0 Å². The van der Waals surface area contributed by atoms with Crippen molar-refractivity contribution in [3.8, 4) is 5.69 Å². The van der Waals surface area contributed by atoms with Gasteiger partial charge < -0.3 is 5.32 Å². The molecule has 2 amide bonds. The highest BCUT2D eigenvalue weighted by molar-refractivity contribution is 6.04. The van der Waals surface area contributed by atoms with Crippen LogP contribution < -0.4 is 10.6 Å². The quantitative estimate of drug-likeness (QED) is 0.436. The SMILES string of the molecule is C=CC(=O)Nc1cccc(-n2c(NC(=O)c3ccc(F)c(F)c3)nc3cc(C)ccc32)c1. The van der Waals surface area contributed by atoms with E-state index in [-0.39, 0.29) is 17.4 Å². The Labute approximate surface area is 182 Å². The summed E-state index contributed by atoms with van der Waals surface area (Å²) in [6.07, 6.45) is 1.16. The van der Waals surface area contributed by atoms with E-state index in [0.29, 0.717) is 22.4 Å². The summed E-state index contributed by atoms with van der Waals surface area (Å²) in [5.41, 5.74) is 3.42. The average molecular weight is 432 g/mol. The van der Waals surface area contributed by atoms with E-state index in [4.69, 9.17) is 0 Å². The third-order valence-corrected chi connectivity index (χ3v) is 4.77. The Morgan fingerprint density at radius 1 is 1.00 bits per heavy atom. The molecule has 4 rings (SSSR count). The largest absolute Gasteiger partial charge is 0.322 e. The number of carbonyl (C=O) groups excluding carboxylic acids is 2. The molecule has 0 spiro atoms. The average Bonchev–Trinajstić information content (AvgIpc) is 3.12. The van der Waals surface area contributed by atoms with Crippen LogP contribution in [-0.2, 0) is 4.79 Å². The maximum atomic E-state index is 13.6. The molecule has 0 atom stereocenters. The van der Waals surface area contributed by atoms with Crippen molar-refractivity contribution in [2.45, 2.75) is 6.92 Å². The van der Waals surface area contributed by atoms with Crippen LogP contribution in [0.3, 0.4) is 0 Å². The lowest BCUT2D eigenvalue weighted by Crippen LogP contribution is -2.16. The second kappa shape index (κ2) is 8.43. The van der Waals surface area contributed by atoms with Crippen LogP contribution in [0.4, 0.5) is 20.4 Å². The van der Waals surface area contributed by atoms with Gasteiger partial charge in [0.25, 0.3) is 5.91 Å². The molecule has 0 saturated heterocycles. The number of hydrogen-bond acceptors (Lipinski definition) is 3. The van der Waals surface area contributed by atoms with Crippen LogP contribution in [0.1, 0.15) is 15.9 Å². The van der Waals surface area contributed by atoms with E-state index in [0.717, 1.165) is 23.8 Å². The van der Waals surface area contributed by atoms with Gasteiger partial charge in [-0.15, -0.1) is 0 Å². The summed E-state index contributed by atoms with van der Waals surface area (Å²) >= 11 is 0. The number of anilines is 2. The monoisotopic (exact) mass is 432 g/mol. The summed E-state index contributed by atoms with van der Waals surface area (Å²) in [5, 5.41) is 5.37. The lowest BCUT2D eigenvalue weighted by atomic mass is 10.2. The minimum absolute atomic E-state index is 0.0503. The molecule has 0 unspecified atom stereocenters. The van der Waals surface area contributed by atoms with Gasteiger partial charge >= 0.3 is 0 Å². The van der Waals surface area contributed by atoms with Crippen molar-refractivity contribution in [1.82, 2.24) is 9.55 Å². The molecular formula is C24H18F2N4O2. The van der Waals surface area contributed by atoms with E-state index >= 15 is 0 Å². The molecule has 0 radical (unpaired) electrons. The molecule has 8 heteroatoms. The Balaban J connectivity index is 1.80. The number of halogens is 2. The molecule has 0 aliphatic heterocycles. The molecule has 4 aromatic rings. The molecule has 6 nitrogen and oxygen atoms in total. The minimum Gasteiger partial charge on any atom is -0.322 e. The third kappa shape index (κ3) is 4.11. The summed E-state index contributed by atoms with van der Waals surface area (Å²) in [6, 6.07) is 15.5. The maximum absolute atomic E-state index is 13.6. The highest BCUT2D eigenvalue weighted by Gasteiger charge is 2.17. The summed E-state index contributed by atoms with van der Waals surface area (Å²) in [5.74, 6) is -2.98. The fourth-order valence-electron chi connectivity index (χ4n) is 3.26. The van der Waals surface area contributed by atoms with Crippen molar-refractivity contribution in [3.05, 3.63) is 96.1 Å². The number of imidazole rings is 1. The van der Waals surface area contributed by atoms with E-state index in [1.54, 1.807) is 28.8 Å². The zero-order chi connectivity index (χ0) is 22.8. The molecule has 1 aromatic heterocycles. The number of nitrogens with one attached hydrogen (secondary N) is 2. The first-order chi connectivity index (χ1) is 15.4. The van der Waals surface area contributed by atoms with E-state index in [9.17, 15) is 18.4 Å². The molecule has 0 aliphatic carbocycles. The molecule has 0 saturated carbocycles. The second-order valence-corrected chi connectivity index (χ2v) is 7.09. The first kappa shape index (κ1) is 20.9. The van der Waals surface area contributed by atoms with Crippen molar-refractivity contribution in [2.24, 2.45) is 0 Å². The standard InChI is InChI=1S/C24H18F2N4O2/c1-3-22(31)27-16-5-4-6-17(13-16)30-21-10-7-14(2)11-20(21)28-24(30)29-23(32)15-8-9-18(25)19(26)12-15/h3-13H,1H2,2H3,(H,27,31)(H,28,29,32). The van der Waals surface area contributed by atoms with Gasteiger partial charge in [0.15, 0.2) is 11.6 Å². The Morgan fingerprint density at radius 3 is 2.56 bits per heavy atom. The van der Waals surface area contributed by atoms with Gasteiger partial charge in [-0.05, 0) is 67.1 Å². The number of amides is 2. The van der Waals surface area contributed by atoms with Crippen molar-refractivity contribution >= 4 is 34.5 Å². The molecule has 0 fully saturated rings. The molecule has 160 valence electrons. The normalized spacial score (nSPS) is 10.7. The number of hydrogen-bond donors (Lipinski definition) is 2. The highest BCUT2D eigenvalue weighted by atomic mass is 19.2. The predicted octanol–water partition coefficient (Wildman–Crippen LogP) is 4.99. The van der Waals surface area contributed by atoms with E-state index < -0.39 is 17.5 Å². The maximum Gasteiger partial charge on any atom is 0.258 e. The minimum atomic E-state index is -1.12. The number of benzene rings is 3. The Kier molecular flexibility index (Phi) is 5.51. The molecule has 0 bridgehead atoms. The van der Waals surface area contributed by atoms with Crippen LogP contribution in [0.25, 0.3) is 16.7 Å². The highest BCUT2D eigenvalue weighted by Crippen LogP contribution is 2.27. The zero-order valence-corrected chi connectivity index (χ0v) is 17.0. The zero-order valence-electron chi connectivity index (χ0n) is 17.0. The topological polar surface area (TPSA) is 76.0 Å². The Hall–Kier alpha value is -4.33. The molecule has 2 N–H and O–H groups in total. The van der Waals surface area contributed by atoms with Crippen molar-refractivity contribution in [3.63, 3.8) is 0 Å². The molecular weight excluding hydrogens is 414 g/mol. The van der Waals surface area contributed by atoms with E-state index in [1.807, 2.05) is 25.1 Å². The fraction of sp³-hybridized carbons (Fsp3) is 0.0417. The van der Waals surface area contributed by atoms with Gasteiger partial charge in [-0.3, -0.25) is 19.5 Å². The Bertz CT molecular complexity index is 1380. The van der Waals surface area contributed by atoms with Gasteiger partial charge in [0.1, 0.15) is 0 Å².